The van der Waals surface area contributed by atoms with E-state index in [1.807, 2.05) is 13.8 Å². The molecule has 0 aromatic heterocycles. The van der Waals surface area contributed by atoms with E-state index in [1.54, 1.807) is 0 Å². The van der Waals surface area contributed by atoms with Crippen LogP contribution in [0.3, 0.4) is 0 Å². The zero-order valence-corrected chi connectivity index (χ0v) is 11.7. The molecule has 0 aromatic rings. The molecule has 0 atom stereocenters. The molecule has 0 amide bonds. The number of ketones is 1. The van der Waals surface area contributed by atoms with Gasteiger partial charge in [0.15, 0.2) is 5.78 Å². The molecule has 1 aliphatic heterocycles. The minimum absolute atomic E-state index is 0.0711. The highest BCUT2D eigenvalue weighted by Gasteiger charge is 2.22. The lowest BCUT2D eigenvalue weighted by molar-refractivity contribution is -0.118. The summed E-state index contributed by atoms with van der Waals surface area (Å²) in [6.45, 7) is 10.7. The van der Waals surface area contributed by atoms with Crippen molar-refractivity contribution in [2.75, 3.05) is 33.7 Å². The summed E-state index contributed by atoms with van der Waals surface area (Å²) in [6.07, 6.45) is 2.38. The summed E-state index contributed by atoms with van der Waals surface area (Å²) in [5.74, 6) is 0.279. The van der Waals surface area contributed by atoms with E-state index < -0.39 is 0 Å². The first-order chi connectivity index (χ1) is 7.91. The van der Waals surface area contributed by atoms with Crippen molar-refractivity contribution in [2.45, 2.75) is 32.7 Å². The van der Waals surface area contributed by atoms with Crippen molar-refractivity contribution in [3.63, 3.8) is 0 Å². The molecule has 17 heavy (non-hydrogen) atoms. The van der Waals surface area contributed by atoms with Gasteiger partial charge in [0, 0.05) is 24.1 Å². The first kappa shape index (κ1) is 14.4. The summed E-state index contributed by atoms with van der Waals surface area (Å²) in [5.41, 5.74) is 0.767. The summed E-state index contributed by atoms with van der Waals surface area (Å²) in [4.78, 5) is 16.4. The van der Waals surface area contributed by atoms with Crippen LogP contribution in [0.1, 0.15) is 26.7 Å². The first-order valence-corrected chi connectivity index (χ1v) is 6.52. The molecule has 0 bridgehead atoms. The fourth-order valence-corrected chi connectivity index (χ4v) is 2.35. The maximum atomic E-state index is 11.8. The average Bonchev–Trinajstić information content (AvgIpc) is 2.28. The van der Waals surface area contributed by atoms with Gasteiger partial charge in [-0.3, -0.25) is 9.69 Å². The van der Waals surface area contributed by atoms with Gasteiger partial charge in [0.05, 0.1) is 0 Å². The molecule has 3 heteroatoms. The molecular formula is C14H26N2O. The van der Waals surface area contributed by atoms with Crippen molar-refractivity contribution in [3.05, 3.63) is 12.2 Å². The third-order valence-corrected chi connectivity index (χ3v) is 3.57. The van der Waals surface area contributed by atoms with Crippen LogP contribution in [-0.4, -0.2) is 55.4 Å². The van der Waals surface area contributed by atoms with Crippen LogP contribution in [-0.2, 0) is 4.79 Å². The van der Waals surface area contributed by atoms with Crippen LogP contribution in [0.5, 0.6) is 0 Å². The predicted octanol–water partition coefficient (Wildman–Crippen LogP) is 1.79. The maximum absolute atomic E-state index is 11.8. The zero-order valence-electron chi connectivity index (χ0n) is 11.7. The van der Waals surface area contributed by atoms with Crippen molar-refractivity contribution in [1.29, 1.82) is 0 Å². The monoisotopic (exact) mass is 238 g/mol. The Morgan fingerprint density at radius 2 is 1.88 bits per heavy atom. The van der Waals surface area contributed by atoms with E-state index in [-0.39, 0.29) is 11.7 Å². The molecule has 1 aliphatic rings. The van der Waals surface area contributed by atoms with Crippen LogP contribution >= 0.6 is 0 Å². The van der Waals surface area contributed by atoms with Crippen LogP contribution in [0, 0.1) is 5.92 Å². The Balaban J connectivity index is 2.36. The number of carbonyl (C=O) groups excluding carboxylic acids is 1. The van der Waals surface area contributed by atoms with Gasteiger partial charge in [-0.2, -0.15) is 0 Å². The van der Waals surface area contributed by atoms with Crippen molar-refractivity contribution < 1.29 is 4.79 Å². The van der Waals surface area contributed by atoms with Gasteiger partial charge < -0.3 is 4.90 Å². The minimum atomic E-state index is 0.0711. The van der Waals surface area contributed by atoms with Gasteiger partial charge in [-0.05, 0) is 40.0 Å². The summed E-state index contributed by atoms with van der Waals surface area (Å²) in [6, 6.07) is 0.695. The van der Waals surface area contributed by atoms with Crippen LogP contribution in [0.4, 0.5) is 0 Å². The van der Waals surface area contributed by atoms with E-state index in [0.29, 0.717) is 6.04 Å². The summed E-state index contributed by atoms with van der Waals surface area (Å²) in [7, 11) is 4.28. The van der Waals surface area contributed by atoms with Gasteiger partial charge in [0.2, 0.25) is 0 Å². The Labute approximate surface area is 105 Å². The van der Waals surface area contributed by atoms with Crippen molar-refractivity contribution in [3.8, 4) is 0 Å². The lowest BCUT2D eigenvalue weighted by Gasteiger charge is -2.35. The number of Topliss-reactive ketones (excluding diaryl/α,β-unsaturated/α-hetero) is 1. The first-order valence-electron chi connectivity index (χ1n) is 6.52. The number of likely N-dealkylation sites (tertiary alicyclic amines) is 1. The quantitative estimate of drug-likeness (QED) is 0.682. The smallest absolute Gasteiger partial charge is 0.162 e. The lowest BCUT2D eigenvalue weighted by atomic mass is 10.00. The van der Waals surface area contributed by atoms with Crippen molar-refractivity contribution in [1.82, 2.24) is 9.80 Å². The second kappa shape index (κ2) is 6.31. The fourth-order valence-electron chi connectivity index (χ4n) is 2.35. The molecule has 0 aliphatic carbocycles. The molecule has 0 spiro atoms. The van der Waals surface area contributed by atoms with Gasteiger partial charge >= 0.3 is 0 Å². The molecule has 0 aromatic carbocycles. The third kappa shape index (κ3) is 4.25. The Morgan fingerprint density at radius 3 is 2.29 bits per heavy atom. The lowest BCUT2D eigenvalue weighted by Crippen LogP contribution is -2.43. The van der Waals surface area contributed by atoms with Gasteiger partial charge in [-0.1, -0.05) is 20.4 Å². The van der Waals surface area contributed by atoms with Gasteiger partial charge in [-0.15, -0.1) is 0 Å². The van der Waals surface area contributed by atoms with Crippen molar-refractivity contribution >= 4 is 5.78 Å². The Hall–Kier alpha value is -0.670. The summed E-state index contributed by atoms with van der Waals surface area (Å²) in [5, 5.41) is 0. The van der Waals surface area contributed by atoms with E-state index in [0.717, 1.165) is 25.2 Å². The molecule has 0 saturated carbocycles. The summed E-state index contributed by atoms with van der Waals surface area (Å²) < 4.78 is 0. The van der Waals surface area contributed by atoms with E-state index in [4.69, 9.17) is 0 Å². The zero-order chi connectivity index (χ0) is 13.0. The molecule has 1 saturated heterocycles. The molecule has 1 rings (SSSR count). The van der Waals surface area contributed by atoms with Gasteiger partial charge in [0.25, 0.3) is 0 Å². The molecule has 0 radical (unpaired) electrons. The Kier molecular flexibility index (Phi) is 5.34. The normalized spacial score (nSPS) is 18.9. The number of hydrogen-bond donors (Lipinski definition) is 0. The minimum Gasteiger partial charge on any atom is -0.306 e. The Morgan fingerprint density at radius 1 is 1.35 bits per heavy atom. The SMILES string of the molecule is C=C(CN1CCC(N(C)C)CC1)C(=O)C(C)C. The highest BCUT2D eigenvalue weighted by atomic mass is 16.1. The van der Waals surface area contributed by atoms with Crippen LogP contribution < -0.4 is 0 Å². The largest absolute Gasteiger partial charge is 0.306 e. The molecule has 0 unspecified atom stereocenters. The molecule has 3 nitrogen and oxygen atoms in total. The fraction of sp³-hybridized carbons (Fsp3) is 0.786. The van der Waals surface area contributed by atoms with Crippen molar-refractivity contribution in [2.24, 2.45) is 5.92 Å². The molecule has 1 heterocycles. The third-order valence-electron chi connectivity index (χ3n) is 3.57. The van der Waals surface area contributed by atoms with E-state index in [9.17, 15) is 4.79 Å². The highest BCUT2D eigenvalue weighted by Crippen LogP contribution is 2.16. The van der Waals surface area contributed by atoms with E-state index in [2.05, 4.69) is 30.5 Å². The summed E-state index contributed by atoms with van der Waals surface area (Å²) >= 11 is 0. The second-order valence-corrected chi connectivity index (χ2v) is 5.59. The number of carbonyl (C=O) groups is 1. The topological polar surface area (TPSA) is 23.6 Å². The second-order valence-electron chi connectivity index (χ2n) is 5.59. The van der Waals surface area contributed by atoms with Crippen LogP contribution in [0.15, 0.2) is 12.2 Å². The molecule has 1 fully saturated rings. The standard InChI is InChI=1S/C14H26N2O/c1-11(2)14(17)12(3)10-16-8-6-13(7-9-16)15(4)5/h11,13H,3,6-10H2,1-2,4-5H3. The number of nitrogens with zero attached hydrogens (tertiary/aromatic N) is 2. The number of rotatable bonds is 5. The van der Waals surface area contributed by atoms with Crippen LogP contribution in [0.25, 0.3) is 0 Å². The number of piperidine rings is 1. The van der Waals surface area contributed by atoms with E-state index >= 15 is 0 Å². The highest BCUT2D eigenvalue weighted by molar-refractivity contribution is 5.96. The van der Waals surface area contributed by atoms with Gasteiger partial charge in [-0.25, -0.2) is 0 Å². The number of hydrogen-bond acceptors (Lipinski definition) is 3. The van der Waals surface area contributed by atoms with Crippen LogP contribution in [0.2, 0.25) is 0 Å². The van der Waals surface area contributed by atoms with Gasteiger partial charge in [0.1, 0.15) is 0 Å². The molecule has 0 N–H and O–H groups in total. The maximum Gasteiger partial charge on any atom is 0.162 e. The molecular weight excluding hydrogens is 212 g/mol. The van der Waals surface area contributed by atoms with E-state index in [1.165, 1.54) is 12.8 Å². The Bertz CT molecular complexity index is 276. The average molecular weight is 238 g/mol. The predicted molar refractivity (Wildman–Crippen MR) is 72.1 cm³/mol. The molecule has 98 valence electrons.